The first-order chi connectivity index (χ1) is 26.3. The SMILES string of the molecule is Cn1nc(NS(C)(=O)=O)c2c(Cl)ccc(-n3c(C(Cc4cc(F)cc(F)c4)NC(=O)Cn4nc(C(F)F)c5c4C(F)(F)[C@@H]4C[C@H]54)nc4c(Cl)cccc4c3=O)c21. The zero-order chi connectivity index (χ0) is 40.2. The number of hydrogen-bond donors (Lipinski definition) is 2. The summed E-state index contributed by atoms with van der Waals surface area (Å²) in [5.41, 5.74) is -2.69. The Morgan fingerprint density at radius 2 is 1.77 bits per heavy atom. The number of amides is 1. The van der Waals surface area contributed by atoms with E-state index < -0.39 is 87.7 Å². The lowest BCUT2D eigenvalue weighted by Gasteiger charge is -2.24. The fourth-order valence-corrected chi connectivity index (χ4v) is 8.52. The lowest BCUT2D eigenvalue weighted by atomic mass is 10.0. The van der Waals surface area contributed by atoms with Gasteiger partial charge in [0.25, 0.3) is 17.9 Å². The standard InChI is InChI=1S/C35H26Cl2F6N8O4S/c1-49-29-23(7-6-20(36)26(29)32(47-49)48-56(2,54)55)51-33(45-27-17(34(51)53)4-3-5-21(27)37)22(10-14-8-15(38)11-16(39)9-14)44-24(52)13-50-30-25(28(46-50)31(40)41)18-12-19(18)35(30,42)43/h3-9,11,18-19,22,31H,10,12-13H2,1-2H3,(H,44,52)(H,47,48)/t18-,19+,22?/m0/s1. The van der Waals surface area contributed by atoms with Crippen molar-refractivity contribution in [2.75, 3.05) is 11.0 Å². The highest BCUT2D eigenvalue weighted by Gasteiger charge is 2.67. The number of nitrogens with zero attached hydrogens (tertiary/aromatic N) is 6. The third kappa shape index (κ3) is 6.34. The second-order valence-corrected chi connectivity index (χ2v) is 16.2. The van der Waals surface area contributed by atoms with E-state index >= 15 is 8.78 Å². The van der Waals surface area contributed by atoms with Gasteiger partial charge in [0.2, 0.25) is 15.9 Å². The molecule has 12 nitrogen and oxygen atoms in total. The number of hydrogen-bond acceptors (Lipinski definition) is 7. The van der Waals surface area contributed by atoms with Crippen molar-refractivity contribution in [1.82, 2.24) is 34.4 Å². The van der Waals surface area contributed by atoms with E-state index in [0.717, 1.165) is 23.0 Å². The molecule has 0 spiro atoms. The number of alkyl halides is 4. The van der Waals surface area contributed by atoms with Crippen molar-refractivity contribution in [1.29, 1.82) is 0 Å². The molecule has 1 fully saturated rings. The summed E-state index contributed by atoms with van der Waals surface area (Å²) < 4.78 is 117. The molecule has 292 valence electrons. The maximum absolute atomic E-state index is 15.4. The highest BCUT2D eigenvalue weighted by atomic mass is 35.5. The molecule has 8 rings (SSSR count). The molecule has 6 aromatic rings. The summed E-state index contributed by atoms with van der Waals surface area (Å²) in [6, 6.07) is 8.11. The number of carbonyl (C=O) groups is 1. The van der Waals surface area contributed by atoms with Gasteiger partial charge >= 0.3 is 0 Å². The molecule has 2 N–H and O–H groups in total. The van der Waals surface area contributed by atoms with Gasteiger partial charge in [-0.2, -0.15) is 19.0 Å². The van der Waals surface area contributed by atoms with Gasteiger partial charge in [-0.3, -0.25) is 28.2 Å². The van der Waals surface area contributed by atoms with Crippen LogP contribution < -0.4 is 15.6 Å². The van der Waals surface area contributed by atoms with Gasteiger partial charge < -0.3 is 5.32 Å². The first-order valence-electron chi connectivity index (χ1n) is 16.7. The first-order valence-corrected chi connectivity index (χ1v) is 19.3. The van der Waals surface area contributed by atoms with E-state index in [4.69, 9.17) is 23.2 Å². The van der Waals surface area contributed by atoms with Crippen LogP contribution in [0, 0.1) is 17.6 Å². The highest BCUT2D eigenvalue weighted by molar-refractivity contribution is 7.92. The van der Waals surface area contributed by atoms with Gasteiger partial charge in [0.05, 0.1) is 49.8 Å². The van der Waals surface area contributed by atoms with Crippen LogP contribution in [0.25, 0.3) is 27.5 Å². The summed E-state index contributed by atoms with van der Waals surface area (Å²) in [7, 11) is -2.45. The summed E-state index contributed by atoms with van der Waals surface area (Å²) in [5.74, 6) is -9.06. The lowest BCUT2D eigenvalue weighted by molar-refractivity contribution is -0.123. The minimum Gasteiger partial charge on any atom is -0.344 e. The Morgan fingerprint density at radius 3 is 2.45 bits per heavy atom. The minimum absolute atomic E-state index is 0.00194. The van der Waals surface area contributed by atoms with Crippen LogP contribution in [0.1, 0.15) is 53.1 Å². The van der Waals surface area contributed by atoms with Gasteiger partial charge in [0.15, 0.2) is 5.82 Å². The second kappa shape index (κ2) is 13.2. The molecule has 3 aromatic heterocycles. The molecule has 1 unspecified atom stereocenters. The Labute approximate surface area is 322 Å². The van der Waals surface area contributed by atoms with Crippen molar-refractivity contribution in [3.63, 3.8) is 0 Å². The van der Waals surface area contributed by atoms with Gasteiger partial charge in [-0.05, 0) is 54.3 Å². The van der Waals surface area contributed by atoms with Gasteiger partial charge in [0.1, 0.15) is 35.4 Å². The van der Waals surface area contributed by atoms with Crippen LogP contribution >= 0.6 is 23.2 Å². The third-order valence-corrected chi connectivity index (χ3v) is 11.0. The fourth-order valence-electron chi connectivity index (χ4n) is 7.57. The topological polar surface area (TPSA) is 146 Å². The van der Waals surface area contributed by atoms with Crippen molar-refractivity contribution in [2.24, 2.45) is 13.0 Å². The van der Waals surface area contributed by atoms with Gasteiger partial charge in [-0.1, -0.05) is 29.3 Å². The van der Waals surface area contributed by atoms with E-state index in [0.29, 0.717) is 10.7 Å². The van der Waals surface area contributed by atoms with Crippen LogP contribution in [0.4, 0.5) is 32.2 Å². The summed E-state index contributed by atoms with van der Waals surface area (Å²) >= 11 is 13.1. The van der Waals surface area contributed by atoms with Crippen molar-refractivity contribution in [2.45, 2.75) is 43.7 Å². The minimum atomic E-state index is -3.89. The monoisotopic (exact) mass is 838 g/mol. The van der Waals surface area contributed by atoms with Crippen molar-refractivity contribution in [3.05, 3.63) is 109 Å². The predicted molar refractivity (Wildman–Crippen MR) is 193 cm³/mol. The molecular formula is C35H26Cl2F6N8O4S. The van der Waals surface area contributed by atoms with E-state index in [-0.39, 0.29) is 66.7 Å². The Morgan fingerprint density at radius 1 is 1.05 bits per heavy atom. The molecule has 0 bridgehead atoms. The third-order valence-electron chi connectivity index (χ3n) is 9.78. The number of carbonyl (C=O) groups excluding carboxylic acids is 1. The smallest absolute Gasteiger partial charge is 0.293 e. The molecular weight excluding hydrogens is 813 g/mol. The predicted octanol–water partition coefficient (Wildman–Crippen LogP) is 6.67. The molecule has 2 aliphatic rings. The number of rotatable bonds is 10. The lowest BCUT2D eigenvalue weighted by Crippen LogP contribution is -2.38. The molecule has 0 aliphatic heterocycles. The number of aromatic nitrogens is 6. The molecule has 1 saturated carbocycles. The quantitative estimate of drug-likeness (QED) is 0.147. The Balaban J connectivity index is 1.32. The largest absolute Gasteiger partial charge is 0.344 e. The number of nitrogens with one attached hydrogen (secondary N) is 2. The molecule has 3 aromatic carbocycles. The molecule has 21 heteroatoms. The summed E-state index contributed by atoms with van der Waals surface area (Å²) in [6.07, 6.45) is -2.77. The fraction of sp³-hybridized carbons (Fsp3) is 0.286. The summed E-state index contributed by atoms with van der Waals surface area (Å²) in [4.78, 5) is 33.2. The number of fused-ring (bicyclic) bond motifs is 5. The van der Waals surface area contributed by atoms with E-state index in [1.165, 1.54) is 42.1 Å². The summed E-state index contributed by atoms with van der Waals surface area (Å²) in [5, 5.41) is 10.6. The molecule has 0 saturated heterocycles. The van der Waals surface area contributed by atoms with Crippen LogP contribution in [0.3, 0.4) is 0 Å². The maximum atomic E-state index is 15.4. The van der Waals surface area contributed by atoms with E-state index in [1.54, 1.807) is 0 Å². The molecule has 0 radical (unpaired) electrons. The Hall–Kier alpha value is -5.14. The molecule has 1 amide bonds. The highest BCUT2D eigenvalue weighted by Crippen LogP contribution is 2.68. The van der Waals surface area contributed by atoms with Crippen LogP contribution in [0.2, 0.25) is 10.0 Å². The van der Waals surface area contributed by atoms with Crippen molar-refractivity contribution in [3.8, 4) is 5.69 Å². The second-order valence-electron chi connectivity index (χ2n) is 13.7. The number of benzene rings is 3. The zero-order valence-corrected chi connectivity index (χ0v) is 31.1. The normalized spacial score (nSPS) is 17.7. The van der Waals surface area contributed by atoms with E-state index in [2.05, 4.69) is 25.2 Å². The number of halogens is 8. The zero-order valence-electron chi connectivity index (χ0n) is 28.8. The maximum Gasteiger partial charge on any atom is 0.293 e. The number of anilines is 1. The average Bonchev–Trinajstić information content (AvgIpc) is 3.63. The van der Waals surface area contributed by atoms with Crippen molar-refractivity contribution < 1.29 is 39.6 Å². The Bertz CT molecular complexity index is 2810. The van der Waals surface area contributed by atoms with Crippen molar-refractivity contribution >= 4 is 66.8 Å². The van der Waals surface area contributed by atoms with E-state index in [9.17, 15) is 35.6 Å². The Kier molecular flexibility index (Phi) is 8.92. The average molecular weight is 840 g/mol. The number of sulfonamides is 1. The summed E-state index contributed by atoms with van der Waals surface area (Å²) in [6.45, 7) is -0.982. The molecule has 2 aliphatic carbocycles. The molecule has 3 atom stereocenters. The molecule has 56 heavy (non-hydrogen) atoms. The van der Waals surface area contributed by atoms with Crippen LogP contribution in [0.15, 0.2) is 53.3 Å². The van der Waals surface area contributed by atoms with E-state index in [1.807, 2.05) is 0 Å². The van der Waals surface area contributed by atoms with Crippen LogP contribution in [0.5, 0.6) is 0 Å². The van der Waals surface area contributed by atoms with Gasteiger partial charge in [-0.15, -0.1) is 0 Å². The van der Waals surface area contributed by atoms with Gasteiger partial charge in [0, 0.05) is 31.0 Å². The number of aryl methyl sites for hydroxylation is 1. The first kappa shape index (κ1) is 37.8. The number of para-hydroxylation sites is 1. The van der Waals surface area contributed by atoms with Crippen LogP contribution in [-0.4, -0.2) is 49.7 Å². The van der Waals surface area contributed by atoms with Crippen LogP contribution in [-0.2, 0) is 40.8 Å². The molecule has 3 heterocycles. The van der Waals surface area contributed by atoms with Gasteiger partial charge in [-0.25, -0.2) is 31.0 Å².